The summed E-state index contributed by atoms with van der Waals surface area (Å²) in [5.41, 5.74) is 3.07. The largest absolute Gasteiger partial charge is 0.497 e. The van der Waals surface area contributed by atoms with Crippen LogP contribution >= 0.6 is 0 Å². The van der Waals surface area contributed by atoms with Crippen molar-refractivity contribution in [2.45, 2.75) is 18.8 Å². The first-order valence-electron chi connectivity index (χ1n) is 9.55. The molecule has 1 aliphatic rings. The van der Waals surface area contributed by atoms with Gasteiger partial charge in [0.25, 0.3) is 0 Å². The maximum Gasteiger partial charge on any atom is 0.238 e. The number of amides is 1. The van der Waals surface area contributed by atoms with Crippen LogP contribution in [0.3, 0.4) is 0 Å². The third-order valence-corrected chi connectivity index (χ3v) is 5.44. The second kappa shape index (κ2) is 8.02. The molecule has 0 atom stereocenters. The molecule has 0 aliphatic carbocycles. The van der Waals surface area contributed by atoms with Crippen molar-refractivity contribution in [1.82, 2.24) is 9.88 Å². The fraction of sp³-hybridized carbons (Fsp3) is 0.318. The van der Waals surface area contributed by atoms with Crippen molar-refractivity contribution in [1.29, 1.82) is 0 Å². The van der Waals surface area contributed by atoms with Crippen LogP contribution in [0.5, 0.6) is 5.75 Å². The lowest BCUT2D eigenvalue weighted by Crippen LogP contribution is -2.38. The van der Waals surface area contributed by atoms with Crippen molar-refractivity contribution >= 4 is 22.5 Å². The number of piperidine rings is 1. The molecule has 5 nitrogen and oxygen atoms in total. The lowest BCUT2D eigenvalue weighted by Gasteiger charge is -2.31. The van der Waals surface area contributed by atoms with Gasteiger partial charge < -0.3 is 15.0 Å². The second-order valence-corrected chi connectivity index (χ2v) is 7.26. The Kier molecular flexibility index (Phi) is 5.30. The van der Waals surface area contributed by atoms with Crippen LogP contribution in [0, 0.1) is 5.82 Å². The minimum atomic E-state index is -0.310. The number of aromatic nitrogens is 1. The molecule has 0 saturated carbocycles. The van der Waals surface area contributed by atoms with Gasteiger partial charge in [0.1, 0.15) is 11.6 Å². The van der Waals surface area contributed by atoms with Crippen molar-refractivity contribution in [3.05, 3.63) is 60.0 Å². The van der Waals surface area contributed by atoms with Crippen LogP contribution in [0.15, 0.2) is 48.7 Å². The highest BCUT2D eigenvalue weighted by Gasteiger charge is 2.24. The van der Waals surface area contributed by atoms with E-state index in [9.17, 15) is 9.18 Å². The number of hydrogen-bond acceptors (Lipinski definition) is 3. The van der Waals surface area contributed by atoms with E-state index in [1.165, 1.54) is 23.1 Å². The van der Waals surface area contributed by atoms with E-state index in [2.05, 4.69) is 27.5 Å². The summed E-state index contributed by atoms with van der Waals surface area (Å²) in [6.45, 7) is 2.10. The van der Waals surface area contributed by atoms with Gasteiger partial charge in [-0.3, -0.25) is 9.69 Å². The molecule has 1 amide bonds. The molecule has 4 rings (SSSR count). The van der Waals surface area contributed by atoms with Gasteiger partial charge in [0.05, 0.1) is 13.7 Å². The molecule has 0 spiro atoms. The Balaban J connectivity index is 1.34. The third kappa shape index (κ3) is 4.02. The van der Waals surface area contributed by atoms with Crippen LogP contribution in [-0.2, 0) is 4.79 Å². The number of nitrogens with zero attached hydrogens (tertiary/aromatic N) is 1. The van der Waals surface area contributed by atoms with Gasteiger partial charge in [0.2, 0.25) is 5.91 Å². The van der Waals surface area contributed by atoms with E-state index in [4.69, 9.17) is 4.74 Å². The average molecular weight is 381 g/mol. The van der Waals surface area contributed by atoms with Gasteiger partial charge in [-0.2, -0.15) is 0 Å². The number of methoxy groups -OCH3 is 1. The van der Waals surface area contributed by atoms with E-state index in [1.807, 2.05) is 12.1 Å². The molecule has 1 aromatic heterocycles. The Bertz CT molecular complexity index is 960. The first kappa shape index (κ1) is 18.5. The summed E-state index contributed by atoms with van der Waals surface area (Å²) in [6, 6.07) is 11.9. The molecule has 146 valence electrons. The summed E-state index contributed by atoms with van der Waals surface area (Å²) in [6.07, 6.45) is 4.12. The maximum atomic E-state index is 13.0. The quantitative estimate of drug-likeness (QED) is 0.699. The van der Waals surface area contributed by atoms with E-state index in [0.717, 1.165) is 37.2 Å². The molecule has 2 aromatic carbocycles. The Hall–Kier alpha value is -2.86. The lowest BCUT2D eigenvalue weighted by atomic mass is 9.89. The highest BCUT2D eigenvalue weighted by Crippen LogP contribution is 2.34. The molecule has 0 bridgehead atoms. The van der Waals surface area contributed by atoms with E-state index >= 15 is 0 Å². The number of H-pyrrole nitrogens is 1. The van der Waals surface area contributed by atoms with Gasteiger partial charge in [-0.1, -0.05) is 0 Å². The number of benzene rings is 2. The summed E-state index contributed by atoms with van der Waals surface area (Å²) in [5.74, 6) is 0.956. The van der Waals surface area contributed by atoms with Gasteiger partial charge in [-0.05, 0) is 79.9 Å². The molecule has 6 heteroatoms. The molecule has 2 heterocycles. The number of hydrogen-bond donors (Lipinski definition) is 2. The molecule has 0 radical (unpaired) electrons. The molecule has 1 saturated heterocycles. The van der Waals surface area contributed by atoms with Crippen molar-refractivity contribution in [3.8, 4) is 5.75 Å². The monoisotopic (exact) mass is 381 g/mol. The third-order valence-electron chi connectivity index (χ3n) is 5.44. The van der Waals surface area contributed by atoms with Crippen LogP contribution < -0.4 is 10.1 Å². The van der Waals surface area contributed by atoms with E-state index in [0.29, 0.717) is 18.2 Å². The molecular weight excluding hydrogens is 357 g/mol. The number of aromatic amines is 1. The number of halogens is 1. The van der Waals surface area contributed by atoms with Crippen LogP contribution in [0.1, 0.15) is 24.3 Å². The molecule has 2 N–H and O–H groups in total. The molecule has 1 fully saturated rings. The highest BCUT2D eigenvalue weighted by molar-refractivity contribution is 5.92. The summed E-state index contributed by atoms with van der Waals surface area (Å²) < 4.78 is 18.3. The first-order valence-corrected chi connectivity index (χ1v) is 9.55. The van der Waals surface area contributed by atoms with Gasteiger partial charge >= 0.3 is 0 Å². The number of rotatable bonds is 5. The number of carbonyl (C=O) groups excluding carboxylic acids is 1. The number of fused-ring (bicyclic) bond motifs is 1. The van der Waals surface area contributed by atoms with Crippen molar-refractivity contribution in [2.75, 3.05) is 32.1 Å². The number of carbonyl (C=O) groups is 1. The minimum absolute atomic E-state index is 0.0677. The Morgan fingerprint density at radius 3 is 2.68 bits per heavy atom. The fourth-order valence-corrected chi connectivity index (χ4v) is 3.92. The van der Waals surface area contributed by atoms with Gasteiger partial charge in [0.15, 0.2) is 0 Å². The summed E-state index contributed by atoms with van der Waals surface area (Å²) in [5, 5.41) is 4.04. The van der Waals surface area contributed by atoms with Crippen LogP contribution in [0.2, 0.25) is 0 Å². The average Bonchev–Trinajstić information content (AvgIpc) is 3.13. The zero-order valence-electron chi connectivity index (χ0n) is 15.9. The van der Waals surface area contributed by atoms with Gasteiger partial charge in [-0.15, -0.1) is 0 Å². The fourth-order valence-electron chi connectivity index (χ4n) is 3.92. The van der Waals surface area contributed by atoms with E-state index in [1.54, 1.807) is 19.2 Å². The molecule has 0 unspecified atom stereocenters. The number of anilines is 1. The number of nitrogens with one attached hydrogen (secondary N) is 2. The Labute approximate surface area is 163 Å². The SMILES string of the molecule is COc1ccc2[nH]cc(C3CCN(CC(=O)Nc4ccc(F)cc4)CC3)c2c1. The molecule has 3 aromatic rings. The summed E-state index contributed by atoms with van der Waals surface area (Å²) in [7, 11) is 1.68. The van der Waals surface area contributed by atoms with Crippen molar-refractivity contribution in [2.24, 2.45) is 0 Å². The summed E-state index contributed by atoms with van der Waals surface area (Å²) in [4.78, 5) is 17.8. The topological polar surface area (TPSA) is 57.4 Å². The standard InChI is InChI=1S/C22H24FN3O2/c1-28-18-6-7-21-19(12-18)20(13-24-21)15-8-10-26(11-9-15)14-22(27)25-17-4-2-16(23)3-5-17/h2-7,12-13,15,24H,8-11,14H2,1H3,(H,25,27). The van der Waals surface area contributed by atoms with Crippen LogP contribution in [0.4, 0.5) is 10.1 Å². The molecule has 28 heavy (non-hydrogen) atoms. The Morgan fingerprint density at radius 1 is 1.21 bits per heavy atom. The zero-order valence-corrected chi connectivity index (χ0v) is 15.9. The maximum absolute atomic E-state index is 13.0. The number of ether oxygens (including phenoxy) is 1. The predicted molar refractivity (Wildman–Crippen MR) is 108 cm³/mol. The first-order chi connectivity index (χ1) is 13.6. The van der Waals surface area contributed by atoms with Gasteiger partial charge in [-0.25, -0.2) is 4.39 Å². The van der Waals surface area contributed by atoms with Gasteiger partial charge in [0, 0.05) is 22.8 Å². The Morgan fingerprint density at radius 2 is 1.96 bits per heavy atom. The van der Waals surface area contributed by atoms with E-state index < -0.39 is 0 Å². The van der Waals surface area contributed by atoms with Crippen molar-refractivity contribution in [3.63, 3.8) is 0 Å². The van der Waals surface area contributed by atoms with Crippen LogP contribution in [-0.4, -0.2) is 42.5 Å². The number of likely N-dealkylation sites (tertiary alicyclic amines) is 1. The smallest absolute Gasteiger partial charge is 0.238 e. The lowest BCUT2D eigenvalue weighted by molar-refractivity contribution is -0.117. The second-order valence-electron chi connectivity index (χ2n) is 7.26. The predicted octanol–water partition coefficient (Wildman–Crippen LogP) is 4.13. The normalized spacial score (nSPS) is 15.6. The highest BCUT2D eigenvalue weighted by atomic mass is 19.1. The molecule has 1 aliphatic heterocycles. The summed E-state index contributed by atoms with van der Waals surface area (Å²) >= 11 is 0. The van der Waals surface area contributed by atoms with Crippen molar-refractivity contribution < 1.29 is 13.9 Å². The van der Waals surface area contributed by atoms with Crippen LogP contribution in [0.25, 0.3) is 10.9 Å². The zero-order chi connectivity index (χ0) is 19.5. The van der Waals surface area contributed by atoms with E-state index in [-0.39, 0.29) is 11.7 Å². The molecular formula is C22H24FN3O2. The minimum Gasteiger partial charge on any atom is -0.497 e.